The number of benzene rings is 1. The van der Waals surface area contributed by atoms with Crippen molar-refractivity contribution < 1.29 is 23.0 Å². The Labute approximate surface area is 142 Å². The molecule has 1 aromatic carbocycles. The largest absolute Gasteiger partial charge is 0.435 e. The molecule has 1 saturated heterocycles. The van der Waals surface area contributed by atoms with Crippen molar-refractivity contribution in [2.75, 3.05) is 13.1 Å². The molecular weight excluding hydrogens is 334 g/mol. The van der Waals surface area contributed by atoms with Crippen molar-refractivity contribution >= 4 is 5.91 Å². The van der Waals surface area contributed by atoms with Gasteiger partial charge >= 0.3 is 6.61 Å². The Morgan fingerprint density at radius 2 is 2.12 bits per heavy atom. The predicted octanol–water partition coefficient (Wildman–Crippen LogP) is 1.87. The van der Waals surface area contributed by atoms with Gasteiger partial charge in [0.1, 0.15) is 5.75 Å². The lowest BCUT2D eigenvalue weighted by Gasteiger charge is -2.41. The first-order valence-corrected chi connectivity index (χ1v) is 7.96. The molecular formula is C16H16F2N4O3. The minimum absolute atomic E-state index is 0.0140. The molecule has 0 spiro atoms. The van der Waals surface area contributed by atoms with Gasteiger partial charge in [-0.15, -0.1) is 5.10 Å². The third kappa shape index (κ3) is 3.07. The van der Waals surface area contributed by atoms with Gasteiger partial charge in [0, 0.05) is 18.7 Å². The molecule has 0 saturated carbocycles. The van der Waals surface area contributed by atoms with E-state index < -0.39 is 6.61 Å². The molecule has 2 aliphatic heterocycles. The number of nitrogens with zero attached hydrogens (tertiary/aromatic N) is 4. The SMILES string of the molecule is O=C(c1ccc(OC(F)F)cc1)N1CC[C@H]2OCc3cnnn3[C@H]2C1. The van der Waals surface area contributed by atoms with Crippen LogP contribution in [0.15, 0.2) is 30.5 Å². The Balaban J connectivity index is 1.48. The molecule has 0 radical (unpaired) electrons. The number of carbonyl (C=O) groups is 1. The minimum Gasteiger partial charge on any atom is -0.435 e. The highest BCUT2D eigenvalue weighted by Crippen LogP contribution is 2.30. The average molecular weight is 350 g/mol. The van der Waals surface area contributed by atoms with Crippen LogP contribution in [0, 0.1) is 0 Å². The van der Waals surface area contributed by atoms with E-state index in [0.717, 1.165) is 5.69 Å². The smallest absolute Gasteiger partial charge is 0.387 e. The van der Waals surface area contributed by atoms with Gasteiger partial charge in [-0.2, -0.15) is 8.78 Å². The van der Waals surface area contributed by atoms with Crippen LogP contribution >= 0.6 is 0 Å². The van der Waals surface area contributed by atoms with E-state index in [1.165, 1.54) is 24.3 Å². The number of fused-ring (bicyclic) bond motifs is 3. The summed E-state index contributed by atoms with van der Waals surface area (Å²) in [6.45, 7) is -1.37. The van der Waals surface area contributed by atoms with Crippen LogP contribution in [-0.4, -0.2) is 51.6 Å². The number of ether oxygens (including phenoxy) is 2. The van der Waals surface area contributed by atoms with Crippen molar-refractivity contribution in [1.82, 2.24) is 19.9 Å². The standard InChI is InChI=1S/C16H16F2N4O3/c17-16(18)25-12-3-1-10(2-4-12)15(23)21-6-5-14-13(8-21)22-11(9-24-14)7-19-20-22/h1-4,7,13-14,16H,5-6,8-9H2/t13-,14+/m0/s1. The molecule has 0 aliphatic carbocycles. The minimum atomic E-state index is -2.89. The predicted molar refractivity (Wildman–Crippen MR) is 81.2 cm³/mol. The molecule has 3 heterocycles. The Morgan fingerprint density at radius 1 is 1.32 bits per heavy atom. The maximum absolute atomic E-state index is 12.7. The first kappa shape index (κ1) is 15.9. The fourth-order valence-corrected chi connectivity index (χ4v) is 3.33. The van der Waals surface area contributed by atoms with Crippen molar-refractivity contribution in [2.45, 2.75) is 31.8 Å². The topological polar surface area (TPSA) is 69.5 Å². The van der Waals surface area contributed by atoms with Gasteiger partial charge < -0.3 is 14.4 Å². The summed E-state index contributed by atoms with van der Waals surface area (Å²) in [6, 6.07) is 5.65. The van der Waals surface area contributed by atoms with Crippen molar-refractivity contribution in [2.24, 2.45) is 0 Å². The van der Waals surface area contributed by atoms with Crippen molar-refractivity contribution in [3.63, 3.8) is 0 Å². The number of halogens is 2. The first-order chi connectivity index (χ1) is 12.1. The van der Waals surface area contributed by atoms with E-state index in [1.807, 2.05) is 4.68 Å². The van der Waals surface area contributed by atoms with Crippen LogP contribution in [0.2, 0.25) is 0 Å². The number of alkyl halides is 2. The zero-order valence-electron chi connectivity index (χ0n) is 13.2. The first-order valence-electron chi connectivity index (χ1n) is 7.96. The van der Waals surface area contributed by atoms with Crippen LogP contribution in [0.5, 0.6) is 5.75 Å². The molecule has 1 aromatic heterocycles. The second-order valence-electron chi connectivity index (χ2n) is 6.03. The summed E-state index contributed by atoms with van der Waals surface area (Å²) in [5.74, 6) is -0.132. The number of rotatable bonds is 3. The average Bonchev–Trinajstić information content (AvgIpc) is 3.10. The zero-order valence-corrected chi connectivity index (χ0v) is 13.2. The quantitative estimate of drug-likeness (QED) is 0.845. The molecule has 132 valence electrons. The molecule has 7 nitrogen and oxygen atoms in total. The summed E-state index contributed by atoms with van der Waals surface area (Å²) in [4.78, 5) is 14.4. The third-order valence-electron chi connectivity index (χ3n) is 4.54. The molecule has 0 bridgehead atoms. The fourth-order valence-electron chi connectivity index (χ4n) is 3.33. The lowest BCUT2D eigenvalue weighted by molar-refractivity contribution is -0.0605. The Hall–Kier alpha value is -2.55. The molecule has 25 heavy (non-hydrogen) atoms. The van der Waals surface area contributed by atoms with Gasteiger partial charge in [-0.3, -0.25) is 4.79 Å². The van der Waals surface area contributed by atoms with E-state index in [2.05, 4.69) is 15.0 Å². The fraction of sp³-hybridized carbons (Fsp3) is 0.438. The van der Waals surface area contributed by atoms with Gasteiger partial charge in [0.25, 0.3) is 5.91 Å². The number of hydrogen-bond acceptors (Lipinski definition) is 5. The van der Waals surface area contributed by atoms with Crippen molar-refractivity contribution in [3.05, 3.63) is 41.7 Å². The van der Waals surface area contributed by atoms with Gasteiger partial charge in [-0.1, -0.05) is 5.21 Å². The lowest BCUT2D eigenvalue weighted by atomic mass is 9.99. The number of hydrogen-bond donors (Lipinski definition) is 0. The number of carbonyl (C=O) groups excluding carboxylic acids is 1. The van der Waals surface area contributed by atoms with E-state index in [-0.39, 0.29) is 23.8 Å². The Kier molecular flexibility index (Phi) is 4.08. The van der Waals surface area contributed by atoms with Gasteiger partial charge in [0.15, 0.2) is 0 Å². The number of amides is 1. The lowest BCUT2D eigenvalue weighted by Crippen LogP contribution is -2.49. The maximum atomic E-state index is 12.7. The summed E-state index contributed by atoms with van der Waals surface area (Å²) in [5.41, 5.74) is 1.32. The van der Waals surface area contributed by atoms with Gasteiger partial charge in [0.2, 0.25) is 0 Å². The summed E-state index contributed by atoms with van der Waals surface area (Å²) < 4.78 is 36.4. The van der Waals surface area contributed by atoms with Crippen LogP contribution in [0.4, 0.5) is 8.78 Å². The second kappa shape index (κ2) is 6.40. The van der Waals surface area contributed by atoms with E-state index >= 15 is 0 Å². The van der Waals surface area contributed by atoms with Gasteiger partial charge in [-0.25, -0.2) is 4.68 Å². The normalized spacial score (nSPS) is 22.4. The number of piperidine rings is 1. The number of likely N-dealkylation sites (tertiary alicyclic amines) is 1. The highest BCUT2D eigenvalue weighted by atomic mass is 19.3. The van der Waals surface area contributed by atoms with Gasteiger partial charge in [-0.05, 0) is 30.7 Å². The van der Waals surface area contributed by atoms with Crippen LogP contribution in [0.1, 0.15) is 28.5 Å². The summed E-state index contributed by atoms with van der Waals surface area (Å²) >= 11 is 0. The van der Waals surface area contributed by atoms with Gasteiger partial charge in [0.05, 0.1) is 30.6 Å². The summed E-state index contributed by atoms with van der Waals surface area (Å²) in [6.07, 6.45) is 2.39. The molecule has 9 heteroatoms. The second-order valence-corrected chi connectivity index (χ2v) is 6.03. The van der Waals surface area contributed by atoms with E-state index in [1.54, 1.807) is 11.1 Å². The highest BCUT2D eigenvalue weighted by Gasteiger charge is 2.38. The van der Waals surface area contributed by atoms with E-state index in [0.29, 0.717) is 31.7 Å². The molecule has 2 atom stereocenters. The van der Waals surface area contributed by atoms with Crippen LogP contribution < -0.4 is 4.74 Å². The zero-order chi connectivity index (χ0) is 17.4. The van der Waals surface area contributed by atoms with E-state index in [9.17, 15) is 13.6 Å². The Morgan fingerprint density at radius 3 is 2.88 bits per heavy atom. The highest BCUT2D eigenvalue weighted by molar-refractivity contribution is 5.94. The van der Waals surface area contributed by atoms with Crippen LogP contribution in [0.25, 0.3) is 0 Å². The van der Waals surface area contributed by atoms with Crippen LogP contribution in [0.3, 0.4) is 0 Å². The van der Waals surface area contributed by atoms with E-state index in [4.69, 9.17) is 4.74 Å². The molecule has 4 rings (SSSR count). The summed E-state index contributed by atoms with van der Waals surface area (Å²) in [7, 11) is 0. The monoisotopic (exact) mass is 350 g/mol. The molecule has 1 amide bonds. The summed E-state index contributed by atoms with van der Waals surface area (Å²) in [5, 5.41) is 8.02. The Bertz CT molecular complexity index is 765. The van der Waals surface area contributed by atoms with Crippen LogP contribution in [-0.2, 0) is 11.3 Å². The van der Waals surface area contributed by atoms with Crippen molar-refractivity contribution in [3.8, 4) is 5.75 Å². The maximum Gasteiger partial charge on any atom is 0.387 e. The molecule has 0 N–H and O–H groups in total. The molecule has 1 fully saturated rings. The van der Waals surface area contributed by atoms with Crippen molar-refractivity contribution in [1.29, 1.82) is 0 Å². The number of aromatic nitrogens is 3. The molecule has 2 aromatic rings. The molecule has 2 aliphatic rings. The third-order valence-corrected chi connectivity index (χ3v) is 4.54. The molecule has 0 unspecified atom stereocenters.